The Morgan fingerprint density at radius 1 is 0.903 bits per heavy atom. The van der Waals surface area contributed by atoms with Gasteiger partial charge in [-0.3, -0.25) is 13.9 Å². The van der Waals surface area contributed by atoms with E-state index < -0.39 is 22.5 Å². The Kier molecular flexibility index (Phi) is 6.71. The highest BCUT2D eigenvalue weighted by molar-refractivity contribution is 7.92. The minimum Gasteiger partial charge on any atom is -0.355 e. The summed E-state index contributed by atoms with van der Waals surface area (Å²) in [5.41, 5.74) is 2.09. The summed E-state index contributed by atoms with van der Waals surface area (Å²) < 4.78 is 27.7. The zero-order chi connectivity index (χ0) is 22.4. The second kappa shape index (κ2) is 9.44. The highest BCUT2D eigenvalue weighted by atomic mass is 32.2. The molecule has 0 fully saturated rings. The van der Waals surface area contributed by atoms with Crippen LogP contribution in [0.3, 0.4) is 0 Å². The van der Waals surface area contributed by atoms with Gasteiger partial charge in [0.05, 0.1) is 10.6 Å². The van der Waals surface area contributed by atoms with Crippen LogP contribution in [-0.2, 0) is 14.8 Å². The van der Waals surface area contributed by atoms with Gasteiger partial charge in [0.15, 0.2) is 0 Å². The molecule has 0 radical (unpaired) electrons. The van der Waals surface area contributed by atoms with Gasteiger partial charge in [-0.05, 0) is 61.0 Å². The number of nitrogens with zero attached hydrogens (tertiary/aromatic N) is 1. The number of nitrogens with one attached hydrogen (secondary N) is 2. The molecule has 0 atom stereocenters. The van der Waals surface area contributed by atoms with Gasteiger partial charge in [0.2, 0.25) is 5.91 Å². The molecule has 0 saturated heterocycles. The van der Waals surface area contributed by atoms with Crippen molar-refractivity contribution < 1.29 is 18.0 Å². The van der Waals surface area contributed by atoms with E-state index in [9.17, 15) is 18.0 Å². The average molecular weight is 438 g/mol. The number of amides is 2. The first-order valence-electron chi connectivity index (χ1n) is 9.58. The fraction of sp³-hybridized carbons (Fsp3) is 0.130. The Morgan fingerprint density at radius 3 is 2.19 bits per heavy atom. The maximum Gasteiger partial charge on any atom is 0.264 e. The zero-order valence-corrected chi connectivity index (χ0v) is 18.0. The summed E-state index contributed by atoms with van der Waals surface area (Å²) in [5, 5.41) is 5.21. The topological polar surface area (TPSA) is 95.6 Å². The van der Waals surface area contributed by atoms with Crippen LogP contribution in [0.1, 0.15) is 15.9 Å². The molecule has 0 aromatic heterocycles. The first-order chi connectivity index (χ1) is 14.8. The highest BCUT2D eigenvalue weighted by Gasteiger charge is 2.27. The van der Waals surface area contributed by atoms with Crippen molar-refractivity contribution in [1.29, 1.82) is 0 Å². The van der Waals surface area contributed by atoms with E-state index in [0.717, 1.165) is 9.87 Å². The average Bonchev–Trinajstić information content (AvgIpc) is 2.78. The molecule has 0 bridgehead atoms. The highest BCUT2D eigenvalue weighted by Crippen LogP contribution is 2.24. The number of carbonyl (C=O) groups is 2. The van der Waals surface area contributed by atoms with Crippen molar-refractivity contribution >= 4 is 33.2 Å². The third-order valence-electron chi connectivity index (χ3n) is 4.57. The van der Waals surface area contributed by atoms with Crippen LogP contribution in [0.25, 0.3) is 0 Å². The second-order valence-electron chi connectivity index (χ2n) is 6.87. The lowest BCUT2D eigenvalue weighted by molar-refractivity contribution is -0.114. The minimum atomic E-state index is -3.97. The monoisotopic (exact) mass is 437 g/mol. The molecule has 0 aliphatic rings. The van der Waals surface area contributed by atoms with Crippen LogP contribution in [0.15, 0.2) is 83.8 Å². The van der Waals surface area contributed by atoms with Crippen LogP contribution >= 0.6 is 0 Å². The summed E-state index contributed by atoms with van der Waals surface area (Å²) >= 11 is 0. The van der Waals surface area contributed by atoms with E-state index in [1.165, 1.54) is 13.1 Å². The van der Waals surface area contributed by atoms with Crippen molar-refractivity contribution in [2.45, 2.75) is 11.8 Å². The number of hydrogen-bond donors (Lipinski definition) is 2. The van der Waals surface area contributed by atoms with Crippen LogP contribution in [-0.4, -0.2) is 33.8 Å². The summed E-state index contributed by atoms with van der Waals surface area (Å²) in [6.07, 6.45) is 0. The quantitative estimate of drug-likeness (QED) is 0.593. The Balaban J connectivity index is 1.86. The molecule has 0 saturated carbocycles. The zero-order valence-electron chi connectivity index (χ0n) is 17.2. The molecule has 0 heterocycles. The molecule has 160 valence electrons. The van der Waals surface area contributed by atoms with E-state index in [4.69, 9.17) is 0 Å². The van der Waals surface area contributed by atoms with Crippen LogP contribution < -0.4 is 14.9 Å². The van der Waals surface area contributed by atoms with Gasteiger partial charge in [-0.15, -0.1) is 0 Å². The molecule has 3 rings (SSSR count). The van der Waals surface area contributed by atoms with E-state index in [0.29, 0.717) is 16.9 Å². The number of anilines is 2. The number of aryl methyl sites for hydroxylation is 1. The Labute approximate surface area is 181 Å². The summed E-state index contributed by atoms with van der Waals surface area (Å²) in [6.45, 7) is 1.40. The molecular formula is C23H23N3O4S. The van der Waals surface area contributed by atoms with E-state index >= 15 is 0 Å². The number of rotatable bonds is 7. The largest absolute Gasteiger partial charge is 0.355 e. The van der Waals surface area contributed by atoms with Crippen molar-refractivity contribution in [1.82, 2.24) is 5.32 Å². The molecular weight excluding hydrogens is 414 g/mol. The van der Waals surface area contributed by atoms with Gasteiger partial charge < -0.3 is 10.6 Å². The van der Waals surface area contributed by atoms with Crippen molar-refractivity contribution in [3.05, 3.63) is 90.0 Å². The molecule has 7 nitrogen and oxygen atoms in total. The number of benzene rings is 3. The predicted octanol–water partition coefficient (Wildman–Crippen LogP) is 3.19. The minimum absolute atomic E-state index is 0.110. The molecule has 8 heteroatoms. The predicted molar refractivity (Wildman–Crippen MR) is 121 cm³/mol. The molecule has 0 unspecified atom stereocenters. The van der Waals surface area contributed by atoms with Crippen molar-refractivity contribution in [2.24, 2.45) is 0 Å². The summed E-state index contributed by atoms with van der Waals surface area (Å²) in [6, 6.07) is 21.4. The van der Waals surface area contributed by atoms with Crippen molar-refractivity contribution in [2.75, 3.05) is 23.2 Å². The van der Waals surface area contributed by atoms with Crippen LogP contribution in [0.2, 0.25) is 0 Å². The van der Waals surface area contributed by atoms with Gasteiger partial charge in [0.1, 0.15) is 6.54 Å². The van der Waals surface area contributed by atoms with Crippen LogP contribution in [0.4, 0.5) is 11.4 Å². The normalized spacial score (nSPS) is 10.9. The molecule has 2 amide bonds. The van der Waals surface area contributed by atoms with E-state index in [-0.39, 0.29) is 10.8 Å². The Morgan fingerprint density at radius 2 is 1.58 bits per heavy atom. The summed E-state index contributed by atoms with van der Waals surface area (Å²) in [5.74, 6) is -0.745. The van der Waals surface area contributed by atoms with E-state index in [2.05, 4.69) is 10.6 Å². The van der Waals surface area contributed by atoms with Gasteiger partial charge in [-0.1, -0.05) is 30.3 Å². The SMILES string of the molecule is CNC(=O)c1ccc(NC(=O)CN(c2ccccc2)S(=O)(=O)c2cccc(C)c2)cc1. The molecule has 31 heavy (non-hydrogen) atoms. The number of carbonyl (C=O) groups excluding carboxylic acids is 2. The van der Waals surface area contributed by atoms with Gasteiger partial charge in [0, 0.05) is 18.3 Å². The van der Waals surface area contributed by atoms with Gasteiger partial charge in [0.25, 0.3) is 15.9 Å². The maximum absolute atomic E-state index is 13.3. The third-order valence-corrected chi connectivity index (χ3v) is 6.34. The lowest BCUT2D eigenvalue weighted by atomic mass is 10.2. The molecule has 0 spiro atoms. The van der Waals surface area contributed by atoms with Crippen LogP contribution in [0, 0.1) is 6.92 Å². The first-order valence-corrected chi connectivity index (χ1v) is 11.0. The summed E-state index contributed by atoms with van der Waals surface area (Å²) in [4.78, 5) is 24.5. The molecule has 3 aromatic carbocycles. The molecule has 2 N–H and O–H groups in total. The molecule has 0 aliphatic carbocycles. The molecule has 0 aliphatic heterocycles. The molecule has 3 aromatic rings. The third kappa shape index (κ3) is 5.29. The van der Waals surface area contributed by atoms with Gasteiger partial charge in [-0.2, -0.15) is 0 Å². The fourth-order valence-corrected chi connectivity index (χ4v) is 4.52. The van der Waals surface area contributed by atoms with E-state index in [1.54, 1.807) is 79.7 Å². The number of sulfonamides is 1. The standard InChI is InChI=1S/C23H23N3O4S/c1-17-7-6-10-21(15-17)31(29,30)26(20-8-4-3-5-9-20)16-22(27)25-19-13-11-18(12-14-19)23(28)24-2/h3-15H,16H2,1-2H3,(H,24,28)(H,25,27). The van der Waals surface area contributed by atoms with Crippen LogP contribution in [0.5, 0.6) is 0 Å². The van der Waals surface area contributed by atoms with Crippen molar-refractivity contribution in [3.8, 4) is 0 Å². The maximum atomic E-state index is 13.3. The van der Waals surface area contributed by atoms with Gasteiger partial charge in [-0.25, -0.2) is 8.42 Å². The fourth-order valence-electron chi connectivity index (χ4n) is 2.99. The smallest absolute Gasteiger partial charge is 0.264 e. The van der Waals surface area contributed by atoms with Crippen molar-refractivity contribution in [3.63, 3.8) is 0 Å². The lowest BCUT2D eigenvalue weighted by Gasteiger charge is -2.24. The number of para-hydroxylation sites is 1. The van der Waals surface area contributed by atoms with Gasteiger partial charge >= 0.3 is 0 Å². The number of hydrogen-bond acceptors (Lipinski definition) is 4. The van der Waals surface area contributed by atoms with E-state index in [1.807, 2.05) is 0 Å². The first kappa shape index (κ1) is 22.0. The lowest BCUT2D eigenvalue weighted by Crippen LogP contribution is -2.38. The Hall–Kier alpha value is -3.65. The second-order valence-corrected chi connectivity index (χ2v) is 8.73. The summed E-state index contributed by atoms with van der Waals surface area (Å²) in [7, 11) is -2.43. The Bertz CT molecular complexity index is 1180.